The van der Waals surface area contributed by atoms with Crippen LogP contribution in [0.25, 0.3) is 0 Å². The van der Waals surface area contributed by atoms with Crippen molar-refractivity contribution in [3.05, 3.63) is 0 Å². The molecule has 1 saturated carbocycles. The van der Waals surface area contributed by atoms with Gasteiger partial charge in [0.05, 0.1) is 6.10 Å². The van der Waals surface area contributed by atoms with Gasteiger partial charge < -0.3 is 10.8 Å². The minimum atomic E-state index is -0.170. The van der Waals surface area contributed by atoms with Crippen LogP contribution in [0.1, 0.15) is 84.5 Å². The molecule has 2 heteroatoms. The first-order valence-corrected chi connectivity index (χ1v) is 8.56. The molecule has 19 heavy (non-hydrogen) atoms. The fourth-order valence-corrected chi connectivity index (χ4v) is 3.69. The van der Waals surface area contributed by atoms with Crippen LogP contribution in [0.3, 0.4) is 0 Å². The molecule has 0 aromatic carbocycles. The van der Waals surface area contributed by atoms with E-state index >= 15 is 0 Å². The summed E-state index contributed by atoms with van der Waals surface area (Å²) in [6.07, 6.45) is 13.2. The molecule has 0 aromatic heterocycles. The Bertz CT molecular complexity index is 221. The van der Waals surface area contributed by atoms with Gasteiger partial charge in [-0.05, 0) is 38.0 Å². The molecule has 1 atom stereocenters. The van der Waals surface area contributed by atoms with Gasteiger partial charge in [-0.2, -0.15) is 0 Å². The minimum absolute atomic E-state index is 0.0382. The first kappa shape index (κ1) is 17.0. The second-order valence-electron chi connectivity index (χ2n) is 6.66. The van der Waals surface area contributed by atoms with Crippen LogP contribution < -0.4 is 5.73 Å². The van der Waals surface area contributed by atoms with E-state index in [-0.39, 0.29) is 11.5 Å². The van der Waals surface area contributed by atoms with Crippen LogP contribution in [-0.4, -0.2) is 17.8 Å². The Balaban J connectivity index is 2.38. The molecule has 1 aliphatic carbocycles. The summed E-state index contributed by atoms with van der Waals surface area (Å²) in [5.41, 5.74) is 6.07. The van der Waals surface area contributed by atoms with Gasteiger partial charge in [0.2, 0.25) is 0 Å². The normalized spacial score (nSPS) is 29.4. The van der Waals surface area contributed by atoms with E-state index in [0.29, 0.717) is 6.54 Å². The van der Waals surface area contributed by atoms with Crippen molar-refractivity contribution in [3.63, 3.8) is 0 Å². The van der Waals surface area contributed by atoms with Gasteiger partial charge in [-0.25, -0.2) is 0 Å². The average Bonchev–Trinajstić information content (AvgIpc) is 2.45. The van der Waals surface area contributed by atoms with Gasteiger partial charge in [-0.1, -0.05) is 52.4 Å². The zero-order valence-corrected chi connectivity index (χ0v) is 13.2. The Hall–Kier alpha value is -0.0800. The Morgan fingerprint density at radius 2 is 1.79 bits per heavy atom. The van der Waals surface area contributed by atoms with Crippen molar-refractivity contribution in [1.82, 2.24) is 0 Å². The average molecular weight is 269 g/mol. The van der Waals surface area contributed by atoms with E-state index in [1.807, 2.05) is 0 Å². The molecule has 0 radical (unpaired) electrons. The molecule has 0 bridgehead atoms. The molecule has 2 nitrogen and oxygen atoms in total. The van der Waals surface area contributed by atoms with Gasteiger partial charge in [0.1, 0.15) is 0 Å². The second kappa shape index (κ2) is 8.97. The summed E-state index contributed by atoms with van der Waals surface area (Å²) in [5, 5.41) is 10.6. The summed E-state index contributed by atoms with van der Waals surface area (Å²) in [5.74, 6) is 0.886. The number of unbranched alkanes of at least 4 members (excludes halogenated alkanes) is 3. The predicted octanol–water partition coefficient (Wildman–Crippen LogP) is 4.25. The van der Waals surface area contributed by atoms with Crippen LogP contribution in [0.15, 0.2) is 0 Å². The highest BCUT2D eigenvalue weighted by atomic mass is 16.3. The van der Waals surface area contributed by atoms with Crippen LogP contribution in [0, 0.1) is 11.3 Å². The van der Waals surface area contributed by atoms with Crippen molar-refractivity contribution in [3.8, 4) is 0 Å². The summed E-state index contributed by atoms with van der Waals surface area (Å²) in [4.78, 5) is 0. The summed E-state index contributed by atoms with van der Waals surface area (Å²) in [6.45, 7) is 5.17. The van der Waals surface area contributed by atoms with E-state index in [0.717, 1.165) is 31.6 Å². The van der Waals surface area contributed by atoms with Crippen molar-refractivity contribution in [2.45, 2.75) is 90.6 Å². The summed E-state index contributed by atoms with van der Waals surface area (Å²) in [7, 11) is 0. The maximum atomic E-state index is 10.6. The largest absolute Gasteiger partial charge is 0.393 e. The molecule has 0 aromatic rings. The molecule has 1 unspecified atom stereocenters. The molecule has 0 spiro atoms. The topological polar surface area (TPSA) is 46.2 Å². The molecule has 0 saturated heterocycles. The fourth-order valence-electron chi connectivity index (χ4n) is 3.69. The number of aliphatic hydroxyl groups excluding tert-OH is 1. The Morgan fingerprint density at radius 1 is 1.11 bits per heavy atom. The number of rotatable bonds is 9. The van der Waals surface area contributed by atoms with E-state index in [9.17, 15) is 5.11 Å². The van der Waals surface area contributed by atoms with Crippen molar-refractivity contribution < 1.29 is 5.11 Å². The maximum Gasteiger partial charge on any atom is 0.0608 e. The van der Waals surface area contributed by atoms with E-state index in [1.165, 1.54) is 44.9 Å². The number of aliphatic hydroxyl groups is 1. The summed E-state index contributed by atoms with van der Waals surface area (Å²) >= 11 is 0. The monoisotopic (exact) mass is 269 g/mol. The molecule has 0 aliphatic heterocycles. The standard InChI is InChI=1S/C17H35NO/c1-3-5-6-7-9-16(19)17(14-18)12-10-15(8-4-2)11-13-17/h15-16,19H,3-14,18H2,1-2H3. The lowest BCUT2D eigenvalue weighted by Gasteiger charge is -2.43. The zero-order chi connectivity index (χ0) is 14.1. The third kappa shape index (κ3) is 5.07. The molecular weight excluding hydrogens is 234 g/mol. The van der Waals surface area contributed by atoms with Crippen molar-refractivity contribution in [2.24, 2.45) is 17.1 Å². The van der Waals surface area contributed by atoms with Crippen LogP contribution >= 0.6 is 0 Å². The van der Waals surface area contributed by atoms with Crippen molar-refractivity contribution >= 4 is 0 Å². The first-order valence-electron chi connectivity index (χ1n) is 8.56. The van der Waals surface area contributed by atoms with E-state index in [4.69, 9.17) is 5.73 Å². The zero-order valence-electron chi connectivity index (χ0n) is 13.2. The van der Waals surface area contributed by atoms with Crippen LogP contribution in [0.5, 0.6) is 0 Å². The Morgan fingerprint density at radius 3 is 2.32 bits per heavy atom. The van der Waals surface area contributed by atoms with Gasteiger partial charge in [0.25, 0.3) is 0 Å². The second-order valence-corrected chi connectivity index (χ2v) is 6.66. The Labute approximate surface area is 120 Å². The predicted molar refractivity (Wildman–Crippen MR) is 83.1 cm³/mol. The first-order chi connectivity index (χ1) is 9.18. The third-order valence-electron chi connectivity index (χ3n) is 5.24. The number of hydrogen-bond donors (Lipinski definition) is 2. The van der Waals surface area contributed by atoms with Gasteiger partial charge in [-0.15, -0.1) is 0 Å². The van der Waals surface area contributed by atoms with E-state index < -0.39 is 0 Å². The quantitative estimate of drug-likeness (QED) is 0.615. The molecule has 1 aliphatic rings. The number of nitrogens with two attached hydrogens (primary N) is 1. The van der Waals surface area contributed by atoms with Gasteiger partial charge in [0.15, 0.2) is 0 Å². The lowest BCUT2D eigenvalue weighted by Crippen LogP contribution is -2.44. The van der Waals surface area contributed by atoms with Gasteiger partial charge in [0, 0.05) is 12.0 Å². The molecule has 3 N–H and O–H groups in total. The highest BCUT2D eigenvalue weighted by Gasteiger charge is 2.39. The highest BCUT2D eigenvalue weighted by Crippen LogP contribution is 2.43. The third-order valence-corrected chi connectivity index (χ3v) is 5.24. The van der Waals surface area contributed by atoms with Gasteiger partial charge >= 0.3 is 0 Å². The smallest absolute Gasteiger partial charge is 0.0608 e. The number of hydrogen-bond acceptors (Lipinski definition) is 2. The van der Waals surface area contributed by atoms with Crippen molar-refractivity contribution in [1.29, 1.82) is 0 Å². The van der Waals surface area contributed by atoms with E-state index in [2.05, 4.69) is 13.8 Å². The highest BCUT2D eigenvalue weighted by molar-refractivity contribution is 4.91. The lowest BCUT2D eigenvalue weighted by atomic mass is 9.65. The minimum Gasteiger partial charge on any atom is -0.393 e. The van der Waals surface area contributed by atoms with Gasteiger partial charge in [-0.3, -0.25) is 0 Å². The van der Waals surface area contributed by atoms with E-state index in [1.54, 1.807) is 0 Å². The summed E-state index contributed by atoms with van der Waals surface area (Å²) in [6, 6.07) is 0. The molecule has 114 valence electrons. The van der Waals surface area contributed by atoms with Crippen LogP contribution in [-0.2, 0) is 0 Å². The van der Waals surface area contributed by atoms with Crippen molar-refractivity contribution in [2.75, 3.05) is 6.54 Å². The van der Waals surface area contributed by atoms with Crippen LogP contribution in [0.2, 0.25) is 0 Å². The lowest BCUT2D eigenvalue weighted by molar-refractivity contribution is -0.0151. The molecule has 1 rings (SSSR count). The molecule has 0 heterocycles. The molecule has 0 amide bonds. The maximum absolute atomic E-state index is 10.6. The fraction of sp³-hybridized carbons (Fsp3) is 1.00. The Kier molecular flexibility index (Phi) is 8.01. The molecular formula is C17H35NO. The molecule has 1 fully saturated rings. The summed E-state index contributed by atoms with van der Waals surface area (Å²) < 4.78 is 0. The van der Waals surface area contributed by atoms with Crippen LogP contribution in [0.4, 0.5) is 0 Å². The SMILES string of the molecule is CCCCCCC(O)C1(CN)CCC(CCC)CC1.